The van der Waals surface area contributed by atoms with Gasteiger partial charge >= 0.3 is 0 Å². The molecule has 120 valence electrons. The van der Waals surface area contributed by atoms with Crippen LogP contribution in [0.1, 0.15) is 43.4 Å². The van der Waals surface area contributed by atoms with Crippen molar-refractivity contribution in [2.45, 2.75) is 51.4 Å². The molecule has 3 heterocycles. The molecule has 3 rings (SSSR count). The smallest absolute Gasteiger partial charge is 0.101 e. The maximum Gasteiger partial charge on any atom is 0.101 e. The fourth-order valence-electron chi connectivity index (χ4n) is 3.00. The van der Waals surface area contributed by atoms with E-state index in [0.29, 0.717) is 6.04 Å². The number of nitrogens with one attached hydrogen (secondary N) is 1. The van der Waals surface area contributed by atoms with Crippen LogP contribution in [0.25, 0.3) is 0 Å². The van der Waals surface area contributed by atoms with Gasteiger partial charge in [0.1, 0.15) is 6.10 Å². The first kappa shape index (κ1) is 15.2. The lowest BCUT2D eigenvalue weighted by Crippen LogP contribution is -2.38. The normalized spacial score (nSPS) is 22.1. The Morgan fingerprint density at radius 2 is 2.23 bits per heavy atom. The zero-order valence-corrected chi connectivity index (χ0v) is 13.4. The molecule has 6 heteroatoms. The Hall–Kier alpha value is -1.66. The van der Waals surface area contributed by atoms with E-state index in [4.69, 9.17) is 4.74 Å². The van der Waals surface area contributed by atoms with Crippen LogP contribution >= 0.6 is 0 Å². The summed E-state index contributed by atoms with van der Waals surface area (Å²) in [5.74, 6) is 0. The summed E-state index contributed by atoms with van der Waals surface area (Å²) in [6, 6.07) is 0.326. The van der Waals surface area contributed by atoms with Gasteiger partial charge in [-0.2, -0.15) is 10.2 Å². The highest BCUT2D eigenvalue weighted by atomic mass is 16.5. The van der Waals surface area contributed by atoms with Crippen LogP contribution in [0.15, 0.2) is 24.8 Å². The largest absolute Gasteiger partial charge is 0.372 e. The van der Waals surface area contributed by atoms with Gasteiger partial charge in [0.25, 0.3) is 0 Å². The molecule has 1 saturated heterocycles. The van der Waals surface area contributed by atoms with E-state index in [1.165, 1.54) is 5.56 Å². The second-order valence-corrected chi connectivity index (χ2v) is 5.98. The summed E-state index contributed by atoms with van der Waals surface area (Å²) in [7, 11) is 1.94. The van der Waals surface area contributed by atoms with Gasteiger partial charge in [0.2, 0.25) is 0 Å². The molecular formula is C16H25N5O. The van der Waals surface area contributed by atoms with Gasteiger partial charge in [0.05, 0.1) is 12.4 Å². The molecule has 0 radical (unpaired) electrons. The van der Waals surface area contributed by atoms with Crippen molar-refractivity contribution in [2.24, 2.45) is 7.05 Å². The number of hydrogen-bond donors (Lipinski definition) is 1. The van der Waals surface area contributed by atoms with Crippen molar-refractivity contribution < 1.29 is 4.74 Å². The number of hydrogen-bond acceptors (Lipinski definition) is 4. The van der Waals surface area contributed by atoms with E-state index < -0.39 is 0 Å². The molecule has 1 N–H and O–H groups in total. The second-order valence-electron chi connectivity index (χ2n) is 5.98. The lowest BCUT2D eigenvalue weighted by molar-refractivity contribution is -0.0112. The van der Waals surface area contributed by atoms with Gasteiger partial charge in [-0.05, 0) is 19.3 Å². The molecule has 1 aliphatic rings. The lowest BCUT2D eigenvalue weighted by atomic mass is 9.98. The molecule has 2 aromatic heterocycles. The van der Waals surface area contributed by atoms with Crippen molar-refractivity contribution in [2.75, 3.05) is 6.61 Å². The fourth-order valence-corrected chi connectivity index (χ4v) is 3.00. The minimum atomic E-state index is 0.0909. The summed E-state index contributed by atoms with van der Waals surface area (Å²) in [4.78, 5) is 0. The van der Waals surface area contributed by atoms with Gasteiger partial charge < -0.3 is 10.1 Å². The summed E-state index contributed by atoms with van der Waals surface area (Å²) in [6.45, 7) is 4.79. The number of aromatic nitrogens is 4. The third kappa shape index (κ3) is 3.56. The van der Waals surface area contributed by atoms with E-state index in [2.05, 4.69) is 28.6 Å². The highest BCUT2D eigenvalue weighted by Gasteiger charge is 2.28. The maximum atomic E-state index is 5.99. The molecular weight excluding hydrogens is 278 g/mol. The molecule has 22 heavy (non-hydrogen) atoms. The molecule has 1 fully saturated rings. The van der Waals surface area contributed by atoms with Crippen LogP contribution in [-0.4, -0.2) is 32.2 Å². The molecule has 0 aromatic carbocycles. The first-order valence-corrected chi connectivity index (χ1v) is 8.11. The van der Waals surface area contributed by atoms with Crippen molar-refractivity contribution in [1.82, 2.24) is 24.9 Å². The van der Waals surface area contributed by atoms with Crippen LogP contribution in [0.4, 0.5) is 0 Å². The van der Waals surface area contributed by atoms with Crippen molar-refractivity contribution >= 4 is 0 Å². The minimum Gasteiger partial charge on any atom is -0.372 e. The zero-order valence-electron chi connectivity index (χ0n) is 13.4. The standard InChI is InChI=1S/C16H25N5O/c1-3-6-21-11-13(9-19-21)8-17-15-5-4-7-22-16(15)14-10-18-20(2)12-14/h9-12,15-17H,3-8H2,1-2H3/t15-,16+/m0/s1. The van der Waals surface area contributed by atoms with Crippen molar-refractivity contribution in [3.8, 4) is 0 Å². The topological polar surface area (TPSA) is 56.9 Å². The Kier molecular flexibility index (Phi) is 4.90. The molecule has 2 atom stereocenters. The molecule has 2 aromatic rings. The Morgan fingerprint density at radius 3 is 3.00 bits per heavy atom. The Labute approximate surface area is 131 Å². The van der Waals surface area contributed by atoms with Crippen molar-refractivity contribution in [3.05, 3.63) is 35.9 Å². The Morgan fingerprint density at radius 1 is 1.32 bits per heavy atom. The van der Waals surface area contributed by atoms with Crippen LogP contribution in [-0.2, 0) is 24.9 Å². The monoisotopic (exact) mass is 303 g/mol. The third-order valence-corrected chi connectivity index (χ3v) is 4.08. The molecule has 1 aliphatic heterocycles. The number of nitrogens with zero attached hydrogens (tertiary/aromatic N) is 4. The summed E-state index contributed by atoms with van der Waals surface area (Å²) in [6.07, 6.45) is 11.5. The molecule has 0 unspecified atom stereocenters. The molecule has 0 amide bonds. The molecule has 0 spiro atoms. The van der Waals surface area contributed by atoms with Gasteiger partial charge in [-0.3, -0.25) is 9.36 Å². The average molecular weight is 303 g/mol. The van der Waals surface area contributed by atoms with Crippen LogP contribution in [0, 0.1) is 0 Å². The van der Waals surface area contributed by atoms with E-state index in [1.807, 2.05) is 35.0 Å². The van der Waals surface area contributed by atoms with E-state index in [9.17, 15) is 0 Å². The van der Waals surface area contributed by atoms with E-state index >= 15 is 0 Å². The van der Waals surface area contributed by atoms with Crippen LogP contribution < -0.4 is 5.32 Å². The summed E-state index contributed by atoms with van der Waals surface area (Å²) in [5.41, 5.74) is 2.38. The van der Waals surface area contributed by atoms with Gasteiger partial charge in [-0.15, -0.1) is 0 Å². The van der Waals surface area contributed by atoms with Gasteiger partial charge in [-0.25, -0.2) is 0 Å². The SMILES string of the molecule is CCCn1cc(CN[C@H]2CCCO[C@@H]2c2cnn(C)c2)cn1. The minimum absolute atomic E-state index is 0.0909. The summed E-state index contributed by atoms with van der Waals surface area (Å²) in [5, 5.41) is 12.3. The first-order chi connectivity index (χ1) is 10.8. The zero-order chi connectivity index (χ0) is 15.4. The summed E-state index contributed by atoms with van der Waals surface area (Å²) >= 11 is 0. The van der Waals surface area contributed by atoms with Crippen LogP contribution in [0.5, 0.6) is 0 Å². The van der Waals surface area contributed by atoms with Crippen LogP contribution in [0.2, 0.25) is 0 Å². The number of rotatable bonds is 6. The van der Waals surface area contributed by atoms with E-state index in [1.54, 1.807) is 0 Å². The van der Waals surface area contributed by atoms with Crippen molar-refractivity contribution in [3.63, 3.8) is 0 Å². The predicted molar refractivity (Wildman–Crippen MR) is 84.3 cm³/mol. The Balaban J connectivity index is 1.61. The predicted octanol–water partition coefficient (Wildman–Crippen LogP) is 2.04. The van der Waals surface area contributed by atoms with Gasteiger partial charge in [0.15, 0.2) is 0 Å². The molecule has 0 saturated carbocycles. The van der Waals surface area contributed by atoms with E-state index in [0.717, 1.165) is 44.5 Å². The number of ether oxygens (including phenoxy) is 1. The van der Waals surface area contributed by atoms with Gasteiger partial charge in [0, 0.05) is 56.3 Å². The quantitative estimate of drug-likeness (QED) is 0.887. The lowest BCUT2D eigenvalue weighted by Gasteiger charge is -2.31. The maximum absolute atomic E-state index is 5.99. The third-order valence-electron chi connectivity index (χ3n) is 4.08. The molecule has 6 nitrogen and oxygen atoms in total. The number of aryl methyl sites for hydroxylation is 2. The molecule has 0 bridgehead atoms. The van der Waals surface area contributed by atoms with E-state index in [-0.39, 0.29) is 6.10 Å². The first-order valence-electron chi connectivity index (χ1n) is 8.11. The second kappa shape index (κ2) is 7.07. The highest BCUT2D eigenvalue weighted by Crippen LogP contribution is 2.28. The molecule has 0 aliphatic carbocycles. The van der Waals surface area contributed by atoms with Crippen molar-refractivity contribution in [1.29, 1.82) is 0 Å². The van der Waals surface area contributed by atoms with Gasteiger partial charge in [-0.1, -0.05) is 6.92 Å². The fraction of sp³-hybridized carbons (Fsp3) is 0.625. The average Bonchev–Trinajstić information content (AvgIpc) is 3.15. The highest BCUT2D eigenvalue weighted by molar-refractivity contribution is 5.12. The van der Waals surface area contributed by atoms with Crippen LogP contribution in [0.3, 0.4) is 0 Å². The Bertz CT molecular complexity index is 591. The summed E-state index contributed by atoms with van der Waals surface area (Å²) < 4.78 is 9.82.